The van der Waals surface area contributed by atoms with Crippen molar-refractivity contribution in [3.63, 3.8) is 0 Å². The van der Waals surface area contributed by atoms with Crippen LogP contribution in [-0.4, -0.2) is 53.7 Å². The van der Waals surface area contributed by atoms with E-state index in [1.807, 2.05) is 30.3 Å². The van der Waals surface area contributed by atoms with E-state index in [0.29, 0.717) is 17.2 Å². The molecule has 1 aromatic carbocycles. The number of nitrogens with zero attached hydrogens (tertiary/aromatic N) is 4. The molecule has 22 heavy (non-hydrogen) atoms. The molecule has 116 valence electrons. The van der Waals surface area contributed by atoms with Crippen molar-refractivity contribution in [2.75, 3.05) is 43.9 Å². The maximum Gasteiger partial charge on any atom is 0.167 e. The molecule has 2 N–H and O–H groups in total. The van der Waals surface area contributed by atoms with Crippen LogP contribution in [0.2, 0.25) is 0 Å². The fraction of sp³-hybridized carbons (Fsp3) is 0.375. The van der Waals surface area contributed by atoms with Crippen LogP contribution in [0.1, 0.15) is 17.3 Å². The van der Waals surface area contributed by atoms with E-state index >= 15 is 0 Å². The summed E-state index contributed by atoms with van der Waals surface area (Å²) in [6.45, 7) is 5.15. The molecule has 1 aliphatic heterocycles. The van der Waals surface area contributed by atoms with Crippen molar-refractivity contribution >= 4 is 17.4 Å². The minimum atomic E-state index is -0.0476. The zero-order valence-corrected chi connectivity index (χ0v) is 13.0. The highest BCUT2D eigenvalue weighted by molar-refractivity contribution is 6.03. The average Bonchev–Trinajstić information content (AvgIpc) is 2.86. The van der Waals surface area contributed by atoms with Crippen molar-refractivity contribution in [1.82, 2.24) is 14.7 Å². The SMILES string of the molecule is CC(=O)c1c(N2CCN(C)CC2)nn(-c2ccccc2)c1N. The molecule has 0 spiro atoms. The number of piperazine rings is 1. The van der Waals surface area contributed by atoms with E-state index in [-0.39, 0.29) is 5.78 Å². The number of nitrogen functional groups attached to an aromatic ring is 1. The highest BCUT2D eigenvalue weighted by atomic mass is 16.1. The summed E-state index contributed by atoms with van der Waals surface area (Å²) in [5, 5.41) is 4.63. The molecule has 2 heterocycles. The first-order valence-corrected chi connectivity index (χ1v) is 7.46. The Labute approximate surface area is 130 Å². The topological polar surface area (TPSA) is 67.4 Å². The molecule has 1 fully saturated rings. The van der Waals surface area contributed by atoms with Crippen molar-refractivity contribution in [3.8, 4) is 5.69 Å². The monoisotopic (exact) mass is 299 g/mol. The predicted molar refractivity (Wildman–Crippen MR) is 87.7 cm³/mol. The highest BCUT2D eigenvalue weighted by Crippen LogP contribution is 2.28. The largest absolute Gasteiger partial charge is 0.383 e. The average molecular weight is 299 g/mol. The summed E-state index contributed by atoms with van der Waals surface area (Å²) >= 11 is 0. The molecular formula is C16H21N5O. The number of ketones is 1. The lowest BCUT2D eigenvalue weighted by Crippen LogP contribution is -2.45. The lowest BCUT2D eigenvalue weighted by molar-refractivity contribution is 0.101. The molecule has 0 unspecified atom stereocenters. The van der Waals surface area contributed by atoms with E-state index in [1.165, 1.54) is 0 Å². The Kier molecular flexibility index (Phi) is 3.85. The number of nitrogens with two attached hydrogens (primary N) is 1. The molecule has 3 rings (SSSR count). The molecule has 0 bridgehead atoms. The van der Waals surface area contributed by atoms with Gasteiger partial charge in [0.05, 0.1) is 5.69 Å². The number of hydrogen-bond acceptors (Lipinski definition) is 5. The number of carbonyl (C=O) groups is 1. The van der Waals surface area contributed by atoms with Crippen LogP contribution in [0.5, 0.6) is 0 Å². The van der Waals surface area contributed by atoms with E-state index < -0.39 is 0 Å². The van der Waals surface area contributed by atoms with E-state index in [1.54, 1.807) is 11.6 Å². The van der Waals surface area contributed by atoms with Crippen LogP contribution in [0.3, 0.4) is 0 Å². The molecule has 6 heteroatoms. The second-order valence-corrected chi connectivity index (χ2v) is 5.68. The molecule has 6 nitrogen and oxygen atoms in total. The lowest BCUT2D eigenvalue weighted by atomic mass is 10.2. The molecule has 2 aromatic rings. The van der Waals surface area contributed by atoms with Gasteiger partial charge in [0.25, 0.3) is 0 Å². The Hall–Kier alpha value is -2.34. The second-order valence-electron chi connectivity index (χ2n) is 5.68. The zero-order chi connectivity index (χ0) is 15.7. The standard InChI is InChI=1S/C16H21N5O/c1-12(22)14-15(17)21(13-6-4-3-5-7-13)18-16(14)20-10-8-19(2)9-11-20/h3-7H,8-11,17H2,1-2H3. The number of Topliss-reactive ketones (excluding diaryl/α,β-unsaturated/α-hetero) is 1. The van der Waals surface area contributed by atoms with E-state index in [4.69, 9.17) is 5.73 Å². The molecule has 0 radical (unpaired) electrons. The first-order chi connectivity index (χ1) is 10.6. The van der Waals surface area contributed by atoms with Gasteiger partial charge in [-0.3, -0.25) is 4.79 Å². The summed E-state index contributed by atoms with van der Waals surface area (Å²) in [4.78, 5) is 16.5. The predicted octanol–water partition coefficient (Wildman–Crippen LogP) is 1.41. The van der Waals surface area contributed by atoms with Crippen molar-refractivity contribution in [3.05, 3.63) is 35.9 Å². The van der Waals surface area contributed by atoms with Crippen LogP contribution in [0.15, 0.2) is 30.3 Å². The Morgan fingerprint density at radius 1 is 1.14 bits per heavy atom. The smallest absolute Gasteiger partial charge is 0.167 e. The fourth-order valence-corrected chi connectivity index (χ4v) is 2.76. The molecule has 0 amide bonds. The number of carbonyl (C=O) groups excluding carboxylic acids is 1. The van der Waals surface area contributed by atoms with Gasteiger partial charge in [0.2, 0.25) is 0 Å². The van der Waals surface area contributed by atoms with Gasteiger partial charge in [-0.25, -0.2) is 4.68 Å². The van der Waals surface area contributed by atoms with E-state index in [2.05, 4.69) is 21.9 Å². The van der Waals surface area contributed by atoms with Gasteiger partial charge >= 0.3 is 0 Å². The number of rotatable bonds is 3. The Balaban J connectivity index is 2.04. The number of aromatic nitrogens is 2. The van der Waals surface area contributed by atoms with Crippen LogP contribution < -0.4 is 10.6 Å². The third-order valence-electron chi connectivity index (χ3n) is 4.06. The normalized spacial score (nSPS) is 16.0. The number of anilines is 2. The van der Waals surface area contributed by atoms with Crippen LogP contribution >= 0.6 is 0 Å². The molecular weight excluding hydrogens is 278 g/mol. The summed E-state index contributed by atoms with van der Waals surface area (Å²) < 4.78 is 1.66. The third kappa shape index (κ3) is 2.57. The van der Waals surface area contributed by atoms with Crippen molar-refractivity contribution in [1.29, 1.82) is 0 Å². The van der Waals surface area contributed by atoms with Crippen LogP contribution in [0.4, 0.5) is 11.6 Å². The van der Waals surface area contributed by atoms with Gasteiger partial charge < -0.3 is 15.5 Å². The number of para-hydroxylation sites is 1. The van der Waals surface area contributed by atoms with Crippen molar-refractivity contribution in [2.45, 2.75) is 6.92 Å². The summed E-state index contributed by atoms with van der Waals surface area (Å²) in [5.41, 5.74) is 7.60. The first-order valence-electron chi connectivity index (χ1n) is 7.46. The van der Waals surface area contributed by atoms with Gasteiger partial charge in [0.1, 0.15) is 11.4 Å². The third-order valence-corrected chi connectivity index (χ3v) is 4.06. The summed E-state index contributed by atoms with van der Waals surface area (Å²) in [6.07, 6.45) is 0. The van der Waals surface area contributed by atoms with E-state index in [0.717, 1.165) is 31.9 Å². The number of likely N-dealkylation sites (N-methyl/N-ethyl adjacent to an activating group) is 1. The van der Waals surface area contributed by atoms with Gasteiger partial charge in [0.15, 0.2) is 11.6 Å². The minimum Gasteiger partial charge on any atom is -0.383 e. The second kappa shape index (κ2) is 5.81. The Morgan fingerprint density at radius 3 is 2.36 bits per heavy atom. The van der Waals surface area contributed by atoms with Gasteiger partial charge in [-0.1, -0.05) is 18.2 Å². The molecule has 0 aliphatic carbocycles. The van der Waals surface area contributed by atoms with Crippen LogP contribution in [-0.2, 0) is 0 Å². The molecule has 0 saturated carbocycles. The van der Waals surface area contributed by atoms with Crippen molar-refractivity contribution < 1.29 is 4.79 Å². The number of hydrogen-bond donors (Lipinski definition) is 1. The summed E-state index contributed by atoms with van der Waals surface area (Å²) in [6, 6.07) is 9.66. The van der Waals surface area contributed by atoms with Gasteiger partial charge in [0, 0.05) is 26.2 Å². The van der Waals surface area contributed by atoms with Crippen LogP contribution in [0.25, 0.3) is 5.69 Å². The molecule has 1 aromatic heterocycles. The summed E-state index contributed by atoms with van der Waals surface area (Å²) in [7, 11) is 2.10. The highest BCUT2D eigenvalue weighted by Gasteiger charge is 2.26. The maximum atomic E-state index is 12.1. The molecule has 0 atom stereocenters. The maximum absolute atomic E-state index is 12.1. The Bertz CT molecular complexity index is 671. The molecule has 1 aliphatic rings. The zero-order valence-electron chi connectivity index (χ0n) is 13.0. The van der Waals surface area contributed by atoms with Gasteiger partial charge in [-0.15, -0.1) is 5.10 Å². The molecule has 1 saturated heterocycles. The fourth-order valence-electron chi connectivity index (χ4n) is 2.76. The first kappa shape index (κ1) is 14.6. The van der Waals surface area contributed by atoms with Gasteiger partial charge in [-0.05, 0) is 26.1 Å². The summed E-state index contributed by atoms with van der Waals surface area (Å²) in [5.74, 6) is 1.06. The van der Waals surface area contributed by atoms with Crippen molar-refractivity contribution in [2.24, 2.45) is 0 Å². The lowest BCUT2D eigenvalue weighted by Gasteiger charge is -2.32. The van der Waals surface area contributed by atoms with Gasteiger partial charge in [-0.2, -0.15) is 0 Å². The minimum absolute atomic E-state index is 0.0476. The van der Waals surface area contributed by atoms with E-state index in [9.17, 15) is 4.79 Å². The number of benzene rings is 1. The Morgan fingerprint density at radius 2 is 1.77 bits per heavy atom. The quantitative estimate of drug-likeness (QED) is 0.868. The van der Waals surface area contributed by atoms with Crippen LogP contribution in [0, 0.1) is 0 Å².